The average molecular weight is 396 g/mol. The molecule has 0 spiro atoms. The van der Waals surface area contributed by atoms with Gasteiger partial charge in [-0.25, -0.2) is 4.98 Å². The van der Waals surface area contributed by atoms with E-state index in [1.54, 1.807) is 0 Å². The highest BCUT2D eigenvalue weighted by Crippen LogP contribution is 2.30. The lowest BCUT2D eigenvalue weighted by atomic mass is 10.0. The normalized spacial score (nSPS) is 14.8. The minimum absolute atomic E-state index is 0.0611. The highest BCUT2D eigenvalue weighted by atomic mass is 32.1. The standard InChI is InChI=1S/C19H20N6O2S/c1-11(2)15(25-23-17(22-24-25)12-7-4-3-5-8-12)18(27)21-19-20-13-9-6-10-14(26)16(13)28-19/h3-5,7-8,11,15H,6,9-10H2,1-2H3,(H,20,21,27). The van der Waals surface area contributed by atoms with Crippen molar-refractivity contribution < 1.29 is 9.59 Å². The van der Waals surface area contributed by atoms with E-state index < -0.39 is 6.04 Å². The third kappa shape index (κ3) is 3.57. The van der Waals surface area contributed by atoms with Crippen molar-refractivity contribution in [2.75, 3.05) is 5.32 Å². The van der Waals surface area contributed by atoms with E-state index in [1.165, 1.54) is 16.1 Å². The summed E-state index contributed by atoms with van der Waals surface area (Å²) >= 11 is 1.24. The summed E-state index contributed by atoms with van der Waals surface area (Å²) in [5.41, 5.74) is 1.62. The Kier molecular flexibility index (Phi) is 4.99. The van der Waals surface area contributed by atoms with Crippen molar-refractivity contribution in [3.05, 3.63) is 40.9 Å². The second kappa shape index (κ2) is 7.59. The maximum atomic E-state index is 12.9. The van der Waals surface area contributed by atoms with E-state index in [4.69, 9.17) is 0 Å². The van der Waals surface area contributed by atoms with E-state index in [0.29, 0.717) is 22.3 Å². The van der Waals surface area contributed by atoms with E-state index in [9.17, 15) is 9.59 Å². The number of nitrogens with one attached hydrogen (secondary N) is 1. The largest absolute Gasteiger partial charge is 0.300 e. The molecule has 0 radical (unpaired) electrons. The summed E-state index contributed by atoms with van der Waals surface area (Å²) in [4.78, 5) is 31.4. The van der Waals surface area contributed by atoms with Crippen molar-refractivity contribution in [2.24, 2.45) is 5.92 Å². The van der Waals surface area contributed by atoms with Gasteiger partial charge in [0.25, 0.3) is 5.91 Å². The molecule has 8 nitrogen and oxygen atoms in total. The van der Waals surface area contributed by atoms with Crippen LogP contribution in [0.25, 0.3) is 11.4 Å². The molecule has 1 aliphatic rings. The van der Waals surface area contributed by atoms with Crippen LogP contribution in [0.5, 0.6) is 0 Å². The number of aromatic nitrogens is 5. The summed E-state index contributed by atoms with van der Waals surface area (Å²) in [6, 6.07) is 8.85. The number of thiazole rings is 1. The summed E-state index contributed by atoms with van der Waals surface area (Å²) in [7, 11) is 0. The Morgan fingerprint density at radius 1 is 1.21 bits per heavy atom. The Balaban J connectivity index is 1.56. The van der Waals surface area contributed by atoms with Crippen LogP contribution in [-0.4, -0.2) is 36.9 Å². The van der Waals surface area contributed by atoms with Crippen molar-refractivity contribution in [3.8, 4) is 11.4 Å². The third-order valence-corrected chi connectivity index (χ3v) is 5.66. The number of amides is 1. The number of hydrogen-bond donors (Lipinski definition) is 1. The Labute approximate surface area is 166 Å². The first kappa shape index (κ1) is 18.4. The van der Waals surface area contributed by atoms with E-state index >= 15 is 0 Å². The SMILES string of the molecule is CC(C)C(C(=O)Nc1nc2c(s1)C(=O)CCC2)n1nnc(-c2ccccc2)n1. The second-order valence-electron chi connectivity index (χ2n) is 7.05. The minimum Gasteiger partial charge on any atom is -0.300 e. The van der Waals surface area contributed by atoms with Crippen LogP contribution in [0.15, 0.2) is 30.3 Å². The van der Waals surface area contributed by atoms with Crippen LogP contribution in [0, 0.1) is 5.92 Å². The van der Waals surface area contributed by atoms with Crippen LogP contribution >= 0.6 is 11.3 Å². The molecular weight excluding hydrogens is 376 g/mol. The summed E-state index contributed by atoms with van der Waals surface area (Å²) in [6.45, 7) is 3.85. The van der Waals surface area contributed by atoms with Crippen LogP contribution in [-0.2, 0) is 11.2 Å². The molecule has 4 rings (SSSR count). The lowest BCUT2D eigenvalue weighted by molar-refractivity contribution is -0.121. The van der Waals surface area contributed by atoms with Crippen LogP contribution in [0.3, 0.4) is 0 Å². The molecule has 144 valence electrons. The quantitative estimate of drug-likeness (QED) is 0.711. The Bertz CT molecular complexity index is 1010. The Morgan fingerprint density at radius 3 is 2.71 bits per heavy atom. The van der Waals surface area contributed by atoms with Crippen LogP contribution in [0.1, 0.15) is 48.1 Å². The number of aryl methyl sites for hydroxylation is 1. The molecule has 1 aromatic carbocycles. The van der Waals surface area contributed by atoms with Gasteiger partial charge in [0, 0.05) is 12.0 Å². The molecule has 3 aromatic rings. The maximum absolute atomic E-state index is 12.9. The number of rotatable bonds is 5. The molecule has 0 saturated carbocycles. The zero-order valence-electron chi connectivity index (χ0n) is 15.6. The molecule has 0 saturated heterocycles. The zero-order chi connectivity index (χ0) is 19.7. The van der Waals surface area contributed by atoms with Gasteiger partial charge in [-0.05, 0) is 24.0 Å². The van der Waals surface area contributed by atoms with Crippen LogP contribution in [0.4, 0.5) is 5.13 Å². The van der Waals surface area contributed by atoms with Crippen molar-refractivity contribution in [2.45, 2.75) is 39.2 Å². The molecule has 2 heterocycles. The number of tetrazole rings is 1. The first-order valence-corrected chi connectivity index (χ1v) is 10.0. The van der Waals surface area contributed by atoms with Gasteiger partial charge in [0.05, 0.1) is 10.6 Å². The zero-order valence-corrected chi connectivity index (χ0v) is 16.4. The third-order valence-electron chi connectivity index (χ3n) is 4.61. The van der Waals surface area contributed by atoms with Gasteiger partial charge >= 0.3 is 0 Å². The molecule has 9 heteroatoms. The fourth-order valence-corrected chi connectivity index (χ4v) is 4.20. The second-order valence-corrected chi connectivity index (χ2v) is 8.05. The number of fused-ring (bicyclic) bond motifs is 1. The number of carbonyl (C=O) groups is 2. The van der Waals surface area contributed by atoms with Gasteiger partial charge in [-0.2, -0.15) is 4.80 Å². The van der Waals surface area contributed by atoms with E-state index in [2.05, 4.69) is 25.7 Å². The van der Waals surface area contributed by atoms with Crippen molar-refractivity contribution in [3.63, 3.8) is 0 Å². The smallest absolute Gasteiger partial charge is 0.253 e. The predicted molar refractivity (Wildman–Crippen MR) is 105 cm³/mol. The summed E-state index contributed by atoms with van der Waals surface area (Å²) < 4.78 is 0. The summed E-state index contributed by atoms with van der Waals surface area (Å²) in [5, 5.41) is 15.9. The van der Waals surface area contributed by atoms with Gasteiger partial charge in [0.15, 0.2) is 17.0 Å². The molecule has 1 atom stereocenters. The Hall–Kier alpha value is -2.94. The molecule has 0 aliphatic heterocycles. The van der Waals surface area contributed by atoms with Crippen LogP contribution < -0.4 is 5.32 Å². The monoisotopic (exact) mass is 396 g/mol. The average Bonchev–Trinajstić information content (AvgIpc) is 3.30. The topological polar surface area (TPSA) is 103 Å². The number of benzene rings is 1. The number of Topliss-reactive ketones (excluding diaryl/α,β-unsaturated/α-hetero) is 1. The van der Waals surface area contributed by atoms with Crippen LogP contribution in [0.2, 0.25) is 0 Å². The van der Waals surface area contributed by atoms with Gasteiger partial charge in [-0.3, -0.25) is 9.59 Å². The van der Waals surface area contributed by atoms with Crippen molar-refractivity contribution in [1.29, 1.82) is 0 Å². The molecule has 28 heavy (non-hydrogen) atoms. The highest BCUT2D eigenvalue weighted by Gasteiger charge is 2.29. The molecule has 0 fully saturated rings. The fraction of sp³-hybridized carbons (Fsp3) is 0.368. The minimum atomic E-state index is -0.637. The lowest BCUT2D eigenvalue weighted by Gasteiger charge is -2.17. The number of ketones is 1. The molecule has 1 amide bonds. The highest BCUT2D eigenvalue weighted by molar-refractivity contribution is 7.17. The first-order chi connectivity index (χ1) is 13.5. The molecular formula is C19H20N6O2S. The van der Waals surface area contributed by atoms with E-state index in [-0.39, 0.29) is 17.6 Å². The van der Waals surface area contributed by atoms with Gasteiger partial charge < -0.3 is 5.32 Å². The van der Waals surface area contributed by atoms with Gasteiger partial charge in [0.1, 0.15) is 0 Å². The molecule has 0 bridgehead atoms. The fourth-order valence-electron chi connectivity index (χ4n) is 3.22. The Morgan fingerprint density at radius 2 is 2.00 bits per heavy atom. The molecule has 1 aliphatic carbocycles. The van der Waals surface area contributed by atoms with Gasteiger partial charge in [0.2, 0.25) is 5.82 Å². The van der Waals surface area contributed by atoms with E-state index in [0.717, 1.165) is 24.1 Å². The molecule has 1 unspecified atom stereocenters. The number of carbonyl (C=O) groups excluding carboxylic acids is 2. The summed E-state index contributed by atoms with van der Waals surface area (Å²) in [5.74, 6) is 0.235. The lowest BCUT2D eigenvalue weighted by Crippen LogP contribution is -2.31. The predicted octanol–water partition coefficient (Wildman–Crippen LogP) is 3.15. The molecule has 1 N–H and O–H groups in total. The number of anilines is 1. The maximum Gasteiger partial charge on any atom is 0.253 e. The first-order valence-electron chi connectivity index (χ1n) is 9.21. The van der Waals surface area contributed by atoms with Gasteiger partial charge in [-0.1, -0.05) is 55.5 Å². The van der Waals surface area contributed by atoms with Crippen molar-refractivity contribution in [1.82, 2.24) is 25.2 Å². The van der Waals surface area contributed by atoms with Crippen molar-refractivity contribution >= 4 is 28.2 Å². The number of nitrogens with zero attached hydrogens (tertiary/aromatic N) is 5. The summed E-state index contributed by atoms with van der Waals surface area (Å²) in [6.07, 6.45) is 2.12. The van der Waals surface area contributed by atoms with Gasteiger partial charge in [-0.15, -0.1) is 10.2 Å². The van der Waals surface area contributed by atoms with E-state index in [1.807, 2.05) is 44.2 Å². The number of hydrogen-bond acceptors (Lipinski definition) is 7. The molecule has 2 aromatic heterocycles.